The van der Waals surface area contributed by atoms with Crippen molar-refractivity contribution in [3.05, 3.63) is 66.2 Å². The van der Waals surface area contributed by atoms with Crippen LogP contribution in [0.3, 0.4) is 0 Å². The molecule has 3 rings (SSSR count). The molecule has 0 aliphatic carbocycles. The molecular weight excluding hydrogens is 531 g/mol. The van der Waals surface area contributed by atoms with Gasteiger partial charge in [0.1, 0.15) is 11.5 Å². The van der Waals surface area contributed by atoms with Crippen LogP contribution in [0.5, 0.6) is 11.5 Å². The number of hydrogen-bond donors (Lipinski definition) is 3. The van der Waals surface area contributed by atoms with E-state index in [0.29, 0.717) is 30.5 Å². The minimum atomic E-state index is -0.142. The van der Waals surface area contributed by atoms with Gasteiger partial charge in [-0.15, -0.1) is 24.0 Å². The van der Waals surface area contributed by atoms with Crippen LogP contribution in [-0.2, 0) is 11.3 Å². The Hall–Kier alpha value is -3.01. The number of rotatable bonds is 9. The average molecular weight is 562 g/mol. The molecule has 3 aromatic rings. The van der Waals surface area contributed by atoms with Crippen LogP contribution < -0.4 is 25.4 Å². The number of benzene rings is 3. The number of methoxy groups -OCH3 is 1. The molecule has 0 saturated carbocycles. The summed E-state index contributed by atoms with van der Waals surface area (Å²) in [5, 5.41) is 11.7. The van der Waals surface area contributed by atoms with Gasteiger partial charge in [0.05, 0.1) is 19.4 Å². The molecule has 3 aromatic carbocycles. The van der Waals surface area contributed by atoms with Crippen LogP contribution in [0, 0.1) is 0 Å². The van der Waals surface area contributed by atoms with E-state index in [1.807, 2.05) is 36.4 Å². The van der Waals surface area contributed by atoms with Crippen LogP contribution in [0.25, 0.3) is 10.8 Å². The first kappa shape index (κ1) is 26.2. The third-order valence-corrected chi connectivity index (χ3v) is 4.86. The van der Waals surface area contributed by atoms with Crippen molar-refractivity contribution in [2.24, 2.45) is 4.99 Å². The SMILES string of the molecule is CN=C(NCCCOc1ccc2ccccc2c1)NCc1ccc(OC)c(NC(C)=O)c1.I. The monoisotopic (exact) mass is 562 g/mol. The summed E-state index contributed by atoms with van der Waals surface area (Å²) >= 11 is 0. The number of ether oxygens (including phenoxy) is 2. The predicted octanol–water partition coefficient (Wildman–Crippen LogP) is 4.56. The number of carbonyl (C=O) groups excluding carboxylic acids is 1. The van der Waals surface area contributed by atoms with Gasteiger partial charge >= 0.3 is 0 Å². The molecule has 0 radical (unpaired) electrons. The Morgan fingerprint density at radius 2 is 1.79 bits per heavy atom. The fraction of sp³-hybridized carbons (Fsp3) is 0.280. The van der Waals surface area contributed by atoms with Crippen LogP contribution >= 0.6 is 24.0 Å². The van der Waals surface area contributed by atoms with Crippen LogP contribution in [0.4, 0.5) is 5.69 Å². The molecule has 0 aromatic heterocycles. The zero-order valence-electron chi connectivity index (χ0n) is 19.2. The molecule has 0 atom stereocenters. The Morgan fingerprint density at radius 3 is 2.52 bits per heavy atom. The molecule has 0 aliphatic rings. The van der Waals surface area contributed by atoms with Crippen LogP contribution in [0.15, 0.2) is 65.7 Å². The second kappa shape index (κ2) is 13.5. The Morgan fingerprint density at radius 1 is 1.00 bits per heavy atom. The number of guanidine groups is 1. The van der Waals surface area contributed by atoms with Gasteiger partial charge < -0.3 is 25.4 Å². The zero-order valence-corrected chi connectivity index (χ0v) is 21.5. The first-order valence-corrected chi connectivity index (χ1v) is 10.6. The predicted molar refractivity (Wildman–Crippen MR) is 145 cm³/mol. The van der Waals surface area contributed by atoms with Crippen molar-refractivity contribution < 1.29 is 14.3 Å². The van der Waals surface area contributed by atoms with Gasteiger partial charge in [-0.2, -0.15) is 0 Å². The van der Waals surface area contributed by atoms with Gasteiger partial charge in [0.25, 0.3) is 0 Å². The van der Waals surface area contributed by atoms with Gasteiger partial charge in [-0.3, -0.25) is 9.79 Å². The third kappa shape index (κ3) is 8.12. The number of halogens is 1. The first-order chi connectivity index (χ1) is 15.6. The summed E-state index contributed by atoms with van der Waals surface area (Å²) in [4.78, 5) is 15.7. The van der Waals surface area contributed by atoms with Crippen LogP contribution in [-0.4, -0.2) is 39.2 Å². The summed E-state index contributed by atoms with van der Waals surface area (Å²) in [5.74, 6) is 2.06. The Balaban J connectivity index is 0.00000385. The lowest BCUT2D eigenvalue weighted by Gasteiger charge is -2.14. The minimum absolute atomic E-state index is 0. The first-order valence-electron chi connectivity index (χ1n) is 10.6. The molecule has 0 fully saturated rings. The second-order valence-corrected chi connectivity index (χ2v) is 7.28. The molecule has 0 saturated heterocycles. The van der Waals surface area contributed by atoms with E-state index in [1.165, 1.54) is 17.7 Å². The minimum Gasteiger partial charge on any atom is -0.495 e. The number of amides is 1. The van der Waals surface area contributed by atoms with Crippen molar-refractivity contribution in [2.45, 2.75) is 19.9 Å². The quantitative estimate of drug-likeness (QED) is 0.154. The van der Waals surface area contributed by atoms with Gasteiger partial charge in [-0.05, 0) is 47.0 Å². The van der Waals surface area contributed by atoms with Crippen molar-refractivity contribution in [2.75, 3.05) is 32.6 Å². The highest BCUT2D eigenvalue weighted by molar-refractivity contribution is 14.0. The largest absolute Gasteiger partial charge is 0.495 e. The molecule has 7 nitrogen and oxygen atoms in total. The van der Waals surface area contributed by atoms with Crippen molar-refractivity contribution in [3.63, 3.8) is 0 Å². The number of anilines is 1. The topological polar surface area (TPSA) is 84.0 Å². The molecule has 3 N–H and O–H groups in total. The lowest BCUT2D eigenvalue weighted by atomic mass is 10.1. The van der Waals surface area contributed by atoms with E-state index in [9.17, 15) is 4.79 Å². The third-order valence-electron chi connectivity index (χ3n) is 4.86. The van der Waals surface area contributed by atoms with E-state index in [1.54, 1.807) is 14.2 Å². The fourth-order valence-corrected chi connectivity index (χ4v) is 3.28. The molecule has 0 spiro atoms. The van der Waals surface area contributed by atoms with Crippen LogP contribution in [0.1, 0.15) is 18.9 Å². The van der Waals surface area contributed by atoms with E-state index in [2.05, 4.69) is 45.2 Å². The Bertz CT molecular complexity index is 1090. The molecular formula is C25H31IN4O3. The Labute approximate surface area is 212 Å². The number of carbonyl (C=O) groups is 1. The van der Waals surface area contributed by atoms with Crippen molar-refractivity contribution in [1.29, 1.82) is 0 Å². The molecule has 33 heavy (non-hydrogen) atoms. The van der Waals surface area contributed by atoms with Crippen molar-refractivity contribution in [3.8, 4) is 11.5 Å². The maximum Gasteiger partial charge on any atom is 0.221 e. The van der Waals surface area contributed by atoms with E-state index in [-0.39, 0.29) is 29.9 Å². The molecule has 8 heteroatoms. The van der Waals surface area contributed by atoms with Crippen LogP contribution in [0.2, 0.25) is 0 Å². The maximum absolute atomic E-state index is 11.4. The fourth-order valence-electron chi connectivity index (χ4n) is 3.28. The number of nitrogens with one attached hydrogen (secondary N) is 3. The zero-order chi connectivity index (χ0) is 22.8. The van der Waals surface area contributed by atoms with Crippen molar-refractivity contribution >= 4 is 52.3 Å². The average Bonchev–Trinajstić information content (AvgIpc) is 2.80. The van der Waals surface area contributed by atoms with Crippen molar-refractivity contribution in [1.82, 2.24) is 10.6 Å². The molecule has 0 heterocycles. The highest BCUT2D eigenvalue weighted by Crippen LogP contribution is 2.25. The normalized spacial score (nSPS) is 10.8. The summed E-state index contributed by atoms with van der Waals surface area (Å²) in [6.45, 7) is 3.37. The number of fused-ring (bicyclic) bond motifs is 1. The lowest BCUT2D eigenvalue weighted by molar-refractivity contribution is -0.114. The lowest BCUT2D eigenvalue weighted by Crippen LogP contribution is -2.37. The summed E-state index contributed by atoms with van der Waals surface area (Å²) < 4.78 is 11.2. The number of nitrogens with zero attached hydrogens (tertiary/aromatic N) is 1. The summed E-state index contributed by atoms with van der Waals surface area (Å²) in [6, 6.07) is 20.0. The Kier molecular flexibility index (Phi) is 10.8. The summed E-state index contributed by atoms with van der Waals surface area (Å²) in [6.07, 6.45) is 0.836. The highest BCUT2D eigenvalue weighted by Gasteiger charge is 2.07. The van der Waals surface area contributed by atoms with E-state index < -0.39 is 0 Å². The molecule has 0 unspecified atom stereocenters. The highest BCUT2D eigenvalue weighted by atomic mass is 127. The second-order valence-electron chi connectivity index (χ2n) is 7.28. The van der Waals surface area contributed by atoms with Gasteiger partial charge in [0, 0.05) is 27.1 Å². The maximum atomic E-state index is 11.4. The van der Waals surface area contributed by atoms with E-state index in [0.717, 1.165) is 24.3 Å². The van der Waals surface area contributed by atoms with E-state index in [4.69, 9.17) is 9.47 Å². The molecule has 1 amide bonds. The number of aliphatic imine (C=N–C) groups is 1. The molecule has 176 valence electrons. The van der Waals surface area contributed by atoms with Gasteiger partial charge in [0.15, 0.2) is 5.96 Å². The summed E-state index contributed by atoms with van der Waals surface area (Å²) in [7, 11) is 3.31. The number of hydrogen-bond acceptors (Lipinski definition) is 4. The van der Waals surface area contributed by atoms with E-state index >= 15 is 0 Å². The molecule has 0 bridgehead atoms. The molecule has 0 aliphatic heterocycles. The standard InChI is InChI=1S/C25H30N4O3.HI/c1-18(30)29-23-15-19(9-12-24(23)31-3)17-28-25(26-2)27-13-6-14-32-22-11-10-20-7-4-5-8-21(20)16-22;/h4-5,7-12,15-16H,6,13-14,17H2,1-3H3,(H,29,30)(H2,26,27,28);1H. The van der Waals surface area contributed by atoms with Gasteiger partial charge in [-0.25, -0.2) is 0 Å². The van der Waals surface area contributed by atoms with Gasteiger partial charge in [0.2, 0.25) is 5.91 Å². The smallest absolute Gasteiger partial charge is 0.221 e. The van der Waals surface area contributed by atoms with Gasteiger partial charge in [-0.1, -0.05) is 36.4 Å². The summed E-state index contributed by atoms with van der Waals surface area (Å²) in [5.41, 5.74) is 1.64.